The number of fused-ring (bicyclic) bond motifs is 1. The molecule has 1 aliphatic heterocycles. The van der Waals surface area contributed by atoms with Gasteiger partial charge in [-0.2, -0.15) is 0 Å². The van der Waals surface area contributed by atoms with Gasteiger partial charge in [0.1, 0.15) is 6.54 Å². The topological polar surface area (TPSA) is 72.9 Å². The zero-order valence-corrected chi connectivity index (χ0v) is 22.6. The van der Waals surface area contributed by atoms with Crippen LogP contribution in [0.4, 0.5) is 5.69 Å². The summed E-state index contributed by atoms with van der Waals surface area (Å²) in [6.45, 7) is 3.13. The Labute approximate surface area is 220 Å². The van der Waals surface area contributed by atoms with Crippen LogP contribution < -0.4 is 15.5 Å². The lowest BCUT2D eigenvalue weighted by atomic mass is 9.88. The first kappa shape index (κ1) is 26.2. The van der Waals surface area contributed by atoms with Gasteiger partial charge in [0.25, 0.3) is 0 Å². The molecule has 0 bridgehead atoms. The Balaban J connectivity index is 0.00000324. The predicted octanol–water partition coefficient (Wildman–Crippen LogP) is 3.10. The number of rotatable bonds is 6. The molecular weight excluding hydrogens is 539 g/mol. The maximum absolute atomic E-state index is 12.1. The van der Waals surface area contributed by atoms with Crippen LogP contribution in [0.5, 0.6) is 0 Å². The molecule has 2 N–H and O–H groups in total. The Morgan fingerprint density at radius 1 is 1.09 bits per heavy atom. The average Bonchev–Trinajstić information content (AvgIpc) is 2.86. The van der Waals surface area contributed by atoms with Crippen molar-refractivity contribution in [3.8, 4) is 0 Å². The SMILES string of the molecule is CN(C)C(=O)CN=C(NCC1CCN(c2ccncc2)CC1)NC1CCc2ccccc2C1.I. The summed E-state index contributed by atoms with van der Waals surface area (Å²) in [5.74, 6) is 1.36. The standard InChI is InChI=1S/C26H36N6O.HI/c1-31(2)25(33)19-29-26(30-23-8-7-21-5-3-4-6-22(21)17-23)28-18-20-11-15-32(16-12-20)24-9-13-27-14-10-24;/h3-6,9-10,13-14,20,23H,7-8,11-12,15-19H2,1-2H3,(H2,28,29,30);1H. The first-order valence-electron chi connectivity index (χ1n) is 12.0. The molecule has 0 spiro atoms. The lowest BCUT2D eigenvalue weighted by molar-refractivity contribution is -0.127. The zero-order valence-electron chi connectivity index (χ0n) is 20.2. The number of guanidine groups is 1. The number of amides is 1. The number of anilines is 1. The van der Waals surface area contributed by atoms with Gasteiger partial charge < -0.3 is 20.4 Å². The Bertz CT molecular complexity index is 943. The Morgan fingerprint density at radius 2 is 1.79 bits per heavy atom. The van der Waals surface area contributed by atoms with Gasteiger partial charge in [0.2, 0.25) is 5.91 Å². The molecule has 1 unspecified atom stereocenters. The van der Waals surface area contributed by atoms with Gasteiger partial charge in [0.05, 0.1) is 0 Å². The minimum atomic E-state index is 0. The van der Waals surface area contributed by atoms with Crippen molar-refractivity contribution in [1.82, 2.24) is 20.5 Å². The van der Waals surface area contributed by atoms with Crippen LogP contribution in [0.1, 0.15) is 30.4 Å². The molecule has 2 aliphatic rings. The van der Waals surface area contributed by atoms with E-state index in [1.807, 2.05) is 12.4 Å². The van der Waals surface area contributed by atoms with Crippen LogP contribution in [0, 0.1) is 5.92 Å². The number of hydrogen-bond donors (Lipinski definition) is 2. The third kappa shape index (κ3) is 7.32. The molecule has 1 amide bonds. The summed E-state index contributed by atoms with van der Waals surface area (Å²) in [6, 6.07) is 13.2. The van der Waals surface area contributed by atoms with Gasteiger partial charge in [-0.1, -0.05) is 24.3 Å². The summed E-state index contributed by atoms with van der Waals surface area (Å²) in [6.07, 6.45) is 9.12. The second kappa shape index (κ2) is 12.9. The number of likely N-dealkylation sites (N-methyl/N-ethyl adjacent to an activating group) is 1. The predicted molar refractivity (Wildman–Crippen MR) is 149 cm³/mol. The second-order valence-electron chi connectivity index (χ2n) is 9.32. The minimum absolute atomic E-state index is 0. The van der Waals surface area contributed by atoms with Crippen molar-refractivity contribution >= 4 is 41.5 Å². The number of aryl methyl sites for hydroxylation is 1. The van der Waals surface area contributed by atoms with Crippen LogP contribution in [-0.4, -0.2) is 68.1 Å². The summed E-state index contributed by atoms with van der Waals surface area (Å²) >= 11 is 0. The molecule has 1 saturated heterocycles. The minimum Gasteiger partial charge on any atom is -0.371 e. The van der Waals surface area contributed by atoms with Gasteiger partial charge in [0, 0.05) is 57.9 Å². The monoisotopic (exact) mass is 576 g/mol. The fourth-order valence-corrected chi connectivity index (χ4v) is 4.65. The molecule has 4 rings (SSSR count). The van der Waals surface area contributed by atoms with Crippen LogP contribution in [0.2, 0.25) is 0 Å². The molecular formula is C26H37IN6O. The summed E-state index contributed by atoms with van der Waals surface area (Å²) in [5.41, 5.74) is 4.11. The molecule has 1 aromatic heterocycles. The van der Waals surface area contributed by atoms with Gasteiger partial charge in [-0.25, -0.2) is 4.99 Å². The smallest absolute Gasteiger partial charge is 0.243 e. The molecule has 184 valence electrons. The number of pyridine rings is 1. The molecule has 1 aromatic carbocycles. The molecule has 8 heteroatoms. The van der Waals surface area contributed by atoms with Gasteiger partial charge >= 0.3 is 0 Å². The summed E-state index contributed by atoms with van der Waals surface area (Å²) in [4.78, 5) is 24.9. The first-order valence-corrected chi connectivity index (χ1v) is 12.0. The first-order chi connectivity index (χ1) is 16.1. The van der Waals surface area contributed by atoms with E-state index in [1.54, 1.807) is 19.0 Å². The fraction of sp³-hybridized carbons (Fsp3) is 0.500. The van der Waals surface area contributed by atoms with Gasteiger partial charge in [-0.3, -0.25) is 9.78 Å². The second-order valence-corrected chi connectivity index (χ2v) is 9.32. The van der Waals surface area contributed by atoms with E-state index < -0.39 is 0 Å². The molecule has 0 radical (unpaired) electrons. The zero-order chi connectivity index (χ0) is 23.0. The largest absolute Gasteiger partial charge is 0.371 e. The van der Waals surface area contributed by atoms with Crippen molar-refractivity contribution in [3.05, 3.63) is 59.9 Å². The van der Waals surface area contributed by atoms with Crippen molar-refractivity contribution in [2.75, 3.05) is 45.2 Å². The van der Waals surface area contributed by atoms with Gasteiger partial charge in [-0.05, 0) is 61.3 Å². The van der Waals surface area contributed by atoms with Crippen molar-refractivity contribution in [2.45, 2.75) is 38.1 Å². The van der Waals surface area contributed by atoms with Crippen LogP contribution in [-0.2, 0) is 17.6 Å². The highest BCUT2D eigenvalue weighted by Gasteiger charge is 2.22. The number of carbonyl (C=O) groups is 1. The maximum Gasteiger partial charge on any atom is 0.243 e. The maximum atomic E-state index is 12.1. The summed E-state index contributed by atoms with van der Waals surface area (Å²) in [7, 11) is 3.54. The van der Waals surface area contributed by atoms with E-state index in [4.69, 9.17) is 0 Å². The van der Waals surface area contributed by atoms with Crippen molar-refractivity contribution in [3.63, 3.8) is 0 Å². The van der Waals surface area contributed by atoms with E-state index in [9.17, 15) is 4.79 Å². The highest BCUT2D eigenvalue weighted by atomic mass is 127. The number of carbonyl (C=O) groups excluding carboxylic acids is 1. The number of nitrogens with one attached hydrogen (secondary N) is 2. The molecule has 1 aliphatic carbocycles. The van der Waals surface area contributed by atoms with Crippen molar-refractivity contribution in [2.24, 2.45) is 10.9 Å². The normalized spacial score (nSPS) is 18.5. The fourth-order valence-electron chi connectivity index (χ4n) is 4.65. The number of nitrogens with zero attached hydrogens (tertiary/aromatic N) is 4. The van der Waals surface area contributed by atoms with E-state index in [-0.39, 0.29) is 36.4 Å². The molecule has 34 heavy (non-hydrogen) atoms. The third-order valence-corrected chi connectivity index (χ3v) is 6.76. The van der Waals surface area contributed by atoms with Crippen LogP contribution in [0.25, 0.3) is 0 Å². The van der Waals surface area contributed by atoms with E-state index >= 15 is 0 Å². The van der Waals surface area contributed by atoms with Gasteiger partial charge in [0.15, 0.2) is 5.96 Å². The summed E-state index contributed by atoms with van der Waals surface area (Å²) in [5, 5.41) is 7.17. The number of piperidine rings is 1. The average molecular weight is 577 g/mol. The molecule has 1 fully saturated rings. The van der Waals surface area contributed by atoms with Crippen molar-refractivity contribution in [1.29, 1.82) is 0 Å². The Kier molecular flexibility index (Phi) is 9.98. The van der Waals surface area contributed by atoms with Gasteiger partial charge in [-0.15, -0.1) is 24.0 Å². The number of aromatic nitrogens is 1. The Morgan fingerprint density at radius 3 is 2.50 bits per heavy atom. The summed E-state index contributed by atoms with van der Waals surface area (Å²) < 4.78 is 0. The highest BCUT2D eigenvalue weighted by molar-refractivity contribution is 14.0. The highest BCUT2D eigenvalue weighted by Crippen LogP contribution is 2.23. The quantitative estimate of drug-likeness (QED) is 0.314. The Hall–Kier alpha value is -2.36. The molecule has 7 nitrogen and oxygen atoms in total. The molecule has 2 heterocycles. The lowest BCUT2D eigenvalue weighted by Gasteiger charge is -2.34. The van der Waals surface area contributed by atoms with E-state index in [1.165, 1.54) is 16.8 Å². The van der Waals surface area contributed by atoms with Crippen LogP contribution in [0.3, 0.4) is 0 Å². The molecule has 2 aromatic rings. The number of hydrogen-bond acceptors (Lipinski definition) is 4. The van der Waals surface area contributed by atoms with E-state index in [0.717, 1.165) is 57.7 Å². The number of halogens is 1. The molecule has 0 saturated carbocycles. The number of benzene rings is 1. The number of aliphatic imine (C=N–C) groups is 1. The van der Waals surface area contributed by atoms with Crippen molar-refractivity contribution < 1.29 is 4.79 Å². The van der Waals surface area contributed by atoms with Crippen LogP contribution >= 0.6 is 24.0 Å². The van der Waals surface area contributed by atoms with E-state index in [0.29, 0.717) is 12.0 Å². The van der Waals surface area contributed by atoms with E-state index in [2.05, 4.69) is 61.9 Å². The van der Waals surface area contributed by atoms with Crippen LogP contribution in [0.15, 0.2) is 53.8 Å². The lowest BCUT2D eigenvalue weighted by Crippen LogP contribution is -2.48. The third-order valence-electron chi connectivity index (χ3n) is 6.76. The molecule has 1 atom stereocenters.